The molecule has 1 N–H and O–H groups in total. The molecule has 0 atom stereocenters. The third-order valence-corrected chi connectivity index (χ3v) is 5.37. The molecule has 5 heterocycles. The number of carbonyl (C=O) groups is 1. The number of anilines is 2. The number of fused-ring (bicyclic) bond motifs is 2. The van der Waals surface area contributed by atoms with Gasteiger partial charge in [0.25, 0.3) is 0 Å². The number of pyridine rings is 1. The first-order valence-electron chi connectivity index (χ1n) is 10.8. The Labute approximate surface area is 185 Å². The van der Waals surface area contributed by atoms with E-state index >= 15 is 0 Å². The molecule has 0 spiro atoms. The predicted octanol–water partition coefficient (Wildman–Crippen LogP) is 3.22. The van der Waals surface area contributed by atoms with Crippen molar-refractivity contribution >= 4 is 28.8 Å². The fourth-order valence-corrected chi connectivity index (χ4v) is 3.92. The first-order valence-corrected chi connectivity index (χ1v) is 10.8. The summed E-state index contributed by atoms with van der Waals surface area (Å²) in [5, 5.41) is 12.4. The number of rotatable bonds is 3. The van der Waals surface area contributed by atoms with Crippen LogP contribution in [0.1, 0.15) is 38.4 Å². The van der Waals surface area contributed by atoms with Crippen LogP contribution in [0.15, 0.2) is 30.7 Å². The van der Waals surface area contributed by atoms with Crippen LogP contribution >= 0.6 is 0 Å². The summed E-state index contributed by atoms with van der Waals surface area (Å²) in [7, 11) is 0. The molecule has 0 aliphatic carbocycles. The molecule has 3 aromatic heterocycles. The van der Waals surface area contributed by atoms with Gasteiger partial charge in [0, 0.05) is 25.4 Å². The predicted molar refractivity (Wildman–Crippen MR) is 119 cm³/mol. The van der Waals surface area contributed by atoms with Crippen LogP contribution in [0.25, 0.3) is 11.2 Å². The molecule has 0 saturated heterocycles. The quantitative estimate of drug-likeness (QED) is 0.672. The van der Waals surface area contributed by atoms with Crippen molar-refractivity contribution in [3.63, 3.8) is 0 Å². The third-order valence-electron chi connectivity index (χ3n) is 5.37. The van der Waals surface area contributed by atoms with Crippen LogP contribution in [0.2, 0.25) is 0 Å². The number of hydrogen-bond acceptors (Lipinski definition) is 7. The summed E-state index contributed by atoms with van der Waals surface area (Å²) in [6.45, 7) is 8.71. The molecule has 0 unspecified atom stereocenters. The summed E-state index contributed by atoms with van der Waals surface area (Å²) >= 11 is 0. The van der Waals surface area contributed by atoms with Crippen molar-refractivity contribution in [3.05, 3.63) is 42.0 Å². The van der Waals surface area contributed by atoms with E-state index in [2.05, 4.69) is 26.6 Å². The summed E-state index contributed by atoms with van der Waals surface area (Å²) in [4.78, 5) is 18.7. The van der Waals surface area contributed by atoms with Gasteiger partial charge >= 0.3 is 6.09 Å². The topological polar surface area (TPSA) is 98.8 Å². The van der Waals surface area contributed by atoms with E-state index in [1.807, 2.05) is 43.8 Å². The summed E-state index contributed by atoms with van der Waals surface area (Å²) in [5.74, 6) is 0.737. The van der Waals surface area contributed by atoms with E-state index in [0.29, 0.717) is 32.0 Å². The number of nitrogens with zero attached hydrogens (tertiary/aromatic N) is 6. The van der Waals surface area contributed by atoms with E-state index in [9.17, 15) is 4.79 Å². The molecule has 3 aromatic rings. The Morgan fingerprint density at radius 3 is 2.94 bits per heavy atom. The molecule has 5 rings (SSSR count). The minimum atomic E-state index is -0.524. The van der Waals surface area contributed by atoms with E-state index < -0.39 is 5.60 Å². The maximum Gasteiger partial charge on any atom is 0.410 e. The number of nitrogens with one attached hydrogen (secondary N) is 1. The van der Waals surface area contributed by atoms with Gasteiger partial charge in [-0.25, -0.2) is 14.3 Å². The molecule has 0 bridgehead atoms. The van der Waals surface area contributed by atoms with Crippen molar-refractivity contribution in [1.82, 2.24) is 29.3 Å². The van der Waals surface area contributed by atoms with Crippen LogP contribution in [0, 0.1) is 0 Å². The molecule has 0 fully saturated rings. The molecule has 0 radical (unpaired) electrons. The number of ether oxygens (including phenoxy) is 2. The standard InChI is InChI=1S/C22H27N7O3/c1-22(2,3)32-21(30)27-6-4-5-15(11-27)16-9-18(20-23-14-24-29(20)12-16)25-19-10-17-13-31-8-7-28(17)26-19/h5,9-10,12,14H,4,6-8,11,13H2,1-3H3,(H,25,26). The largest absolute Gasteiger partial charge is 0.444 e. The Bertz CT molecular complexity index is 1160. The molecule has 2 aliphatic rings. The second-order valence-electron chi connectivity index (χ2n) is 9.01. The zero-order chi connectivity index (χ0) is 22.3. The van der Waals surface area contributed by atoms with Gasteiger partial charge in [-0.15, -0.1) is 0 Å². The first kappa shape index (κ1) is 20.5. The van der Waals surface area contributed by atoms with Crippen molar-refractivity contribution in [3.8, 4) is 0 Å². The van der Waals surface area contributed by atoms with E-state index in [0.717, 1.165) is 41.3 Å². The lowest BCUT2D eigenvalue weighted by Gasteiger charge is -2.30. The second-order valence-corrected chi connectivity index (χ2v) is 9.01. The van der Waals surface area contributed by atoms with Crippen molar-refractivity contribution in [2.75, 3.05) is 25.0 Å². The zero-order valence-electron chi connectivity index (χ0n) is 18.5. The highest BCUT2D eigenvalue weighted by atomic mass is 16.6. The summed E-state index contributed by atoms with van der Waals surface area (Å²) in [6, 6.07) is 4.02. The summed E-state index contributed by atoms with van der Waals surface area (Å²) in [5.41, 5.74) is 4.02. The molecular weight excluding hydrogens is 410 g/mol. The second kappa shape index (κ2) is 7.94. The molecule has 0 aromatic carbocycles. The maximum absolute atomic E-state index is 12.6. The van der Waals surface area contributed by atoms with Gasteiger partial charge in [0.05, 0.1) is 31.1 Å². The molecule has 32 heavy (non-hydrogen) atoms. The Balaban J connectivity index is 1.42. The monoisotopic (exact) mass is 437 g/mol. The SMILES string of the molecule is CC(C)(C)OC(=O)N1CCC=C(c2cc(Nc3cc4n(n3)CCOC4)c3ncnn3c2)C1. The van der Waals surface area contributed by atoms with Gasteiger partial charge in [-0.3, -0.25) is 4.68 Å². The van der Waals surface area contributed by atoms with Gasteiger partial charge in [-0.05, 0) is 44.4 Å². The van der Waals surface area contributed by atoms with Gasteiger partial charge in [-0.2, -0.15) is 10.2 Å². The molecule has 10 nitrogen and oxygen atoms in total. The number of amides is 1. The molecule has 0 saturated carbocycles. The van der Waals surface area contributed by atoms with Crippen LogP contribution in [0.4, 0.5) is 16.3 Å². The first-order chi connectivity index (χ1) is 15.4. The highest BCUT2D eigenvalue weighted by Gasteiger charge is 2.25. The zero-order valence-corrected chi connectivity index (χ0v) is 18.5. The van der Waals surface area contributed by atoms with Gasteiger partial charge in [0.2, 0.25) is 0 Å². The van der Waals surface area contributed by atoms with Gasteiger partial charge in [0.15, 0.2) is 11.5 Å². The van der Waals surface area contributed by atoms with Crippen molar-refractivity contribution < 1.29 is 14.3 Å². The van der Waals surface area contributed by atoms with Gasteiger partial charge in [0.1, 0.15) is 11.9 Å². The van der Waals surface area contributed by atoms with Crippen LogP contribution in [-0.2, 0) is 22.6 Å². The van der Waals surface area contributed by atoms with E-state index in [1.165, 1.54) is 6.33 Å². The summed E-state index contributed by atoms with van der Waals surface area (Å²) < 4.78 is 14.8. The maximum atomic E-state index is 12.6. The Kier molecular flexibility index (Phi) is 5.09. The lowest BCUT2D eigenvalue weighted by molar-refractivity contribution is 0.0273. The van der Waals surface area contributed by atoms with E-state index in [1.54, 1.807) is 9.42 Å². The number of hydrogen-bond donors (Lipinski definition) is 1. The summed E-state index contributed by atoms with van der Waals surface area (Å²) in [6.07, 6.45) is 6.09. The number of aromatic nitrogens is 5. The minimum absolute atomic E-state index is 0.297. The average molecular weight is 438 g/mol. The highest BCUT2D eigenvalue weighted by Crippen LogP contribution is 2.28. The van der Waals surface area contributed by atoms with E-state index in [-0.39, 0.29) is 6.09 Å². The van der Waals surface area contributed by atoms with Crippen LogP contribution in [-0.4, -0.2) is 60.7 Å². The normalized spacial score (nSPS) is 16.6. The van der Waals surface area contributed by atoms with Crippen molar-refractivity contribution in [2.45, 2.75) is 45.9 Å². The fourth-order valence-electron chi connectivity index (χ4n) is 3.92. The lowest BCUT2D eigenvalue weighted by atomic mass is 10.0. The molecule has 168 valence electrons. The number of carbonyl (C=O) groups excluding carboxylic acids is 1. The molecule has 2 aliphatic heterocycles. The van der Waals surface area contributed by atoms with E-state index in [4.69, 9.17) is 9.47 Å². The fraction of sp³-hybridized carbons (Fsp3) is 0.455. The van der Waals surface area contributed by atoms with Crippen molar-refractivity contribution in [1.29, 1.82) is 0 Å². The highest BCUT2D eigenvalue weighted by molar-refractivity contribution is 5.80. The van der Waals surface area contributed by atoms with Crippen LogP contribution in [0.5, 0.6) is 0 Å². The lowest BCUT2D eigenvalue weighted by Crippen LogP contribution is -2.39. The van der Waals surface area contributed by atoms with Crippen molar-refractivity contribution in [2.24, 2.45) is 0 Å². The van der Waals surface area contributed by atoms with Crippen LogP contribution in [0.3, 0.4) is 0 Å². The Hall–Kier alpha value is -3.40. The van der Waals surface area contributed by atoms with Crippen LogP contribution < -0.4 is 5.32 Å². The van der Waals surface area contributed by atoms with Gasteiger partial charge < -0.3 is 19.7 Å². The molecular formula is C22H27N7O3. The van der Waals surface area contributed by atoms with Gasteiger partial charge in [-0.1, -0.05) is 6.08 Å². The molecule has 1 amide bonds. The Morgan fingerprint density at radius 2 is 2.12 bits per heavy atom. The smallest absolute Gasteiger partial charge is 0.410 e. The Morgan fingerprint density at radius 1 is 1.25 bits per heavy atom. The average Bonchev–Trinajstić information content (AvgIpc) is 3.39. The molecule has 10 heteroatoms. The third kappa shape index (κ3) is 4.18. The minimum Gasteiger partial charge on any atom is -0.444 e.